The molecule has 0 radical (unpaired) electrons. The minimum atomic E-state index is -3.13. The fourth-order valence-electron chi connectivity index (χ4n) is 3.77. The van der Waals surface area contributed by atoms with E-state index in [1.807, 2.05) is 0 Å². The maximum absolute atomic E-state index is 12.9. The van der Waals surface area contributed by atoms with Gasteiger partial charge in [0.15, 0.2) is 0 Å². The molecule has 0 aromatic heterocycles. The van der Waals surface area contributed by atoms with E-state index in [1.54, 1.807) is 4.31 Å². The molecule has 0 saturated carbocycles. The van der Waals surface area contributed by atoms with Crippen LogP contribution >= 0.6 is 0 Å². The van der Waals surface area contributed by atoms with E-state index in [9.17, 15) is 8.42 Å². The summed E-state index contributed by atoms with van der Waals surface area (Å²) in [5.74, 6) is 0.633. The van der Waals surface area contributed by atoms with Gasteiger partial charge in [0.1, 0.15) is 0 Å². The molecule has 2 aliphatic rings. The number of nitrogens with zero attached hydrogens (tertiary/aromatic N) is 2. The van der Waals surface area contributed by atoms with E-state index in [2.05, 4.69) is 46.4 Å². The fraction of sp³-hybridized carbons (Fsp3) is 1.00. The maximum atomic E-state index is 12.9. The molecule has 1 unspecified atom stereocenters. The van der Waals surface area contributed by atoms with Crippen LogP contribution in [-0.4, -0.2) is 54.6 Å². The number of hydrogen-bond acceptors (Lipinski definition) is 3. The van der Waals surface area contributed by atoms with Crippen molar-refractivity contribution in [2.75, 3.05) is 26.2 Å². The third-order valence-corrected chi connectivity index (χ3v) is 7.87. The van der Waals surface area contributed by atoms with E-state index in [-0.39, 0.29) is 16.2 Å². The molecule has 2 aliphatic heterocycles. The van der Waals surface area contributed by atoms with Crippen LogP contribution in [0.2, 0.25) is 0 Å². The number of likely N-dealkylation sites (tertiary alicyclic amines) is 1. The van der Waals surface area contributed by atoms with Gasteiger partial charge in [-0.2, -0.15) is 0 Å². The first-order chi connectivity index (χ1) is 9.92. The average molecular weight is 331 g/mol. The SMILES string of the molecule is CC(C)(C)C1CCN(S(=O)(=O)C2CCN(C(C)(C)C)C2)CC1. The maximum Gasteiger partial charge on any atom is 0.218 e. The van der Waals surface area contributed by atoms with E-state index in [1.165, 1.54) is 0 Å². The molecule has 4 nitrogen and oxygen atoms in total. The van der Waals surface area contributed by atoms with Gasteiger partial charge in [-0.1, -0.05) is 20.8 Å². The summed E-state index contributed by atoms with van der Waals surface area (Å²) < 4.78 is 27.6. The van der Waals surface area contributed by atoms with Crippen molar-refractivity contribution in [3.05, 3.63) is 0 Å². The predicted molar refractivity (Wildman–Crippen MR) is 92.4 cm³/mol. The summed E-state index contributed by atoms with van der Waals surface area (Å²) in [5.41, 5.74) is 0.343. The molecule has 2 rings (SSSR count). The Morgan fingerprint density at radius 1 is 0.864 bits per heavy atom. The third-order valence-electron chi connectivity index (χ3n) is 5.55. The van der Waals surface area contributed by atoms with Gasteiger partial charge in [0.25, 0.3) is 0 Å². The van der Waals surface area contributed by atoms with E-state index in [4.69, 9.17) is 0 Å². The highest BCUT2D eigenvalue weighted by Gasteiger charge is 2.41. The Labute approximate surface area is 137 Å². The van der Waals surface area contributed by atoms with Crippen molar-refractivity contribution in [2.24, 2.45) is 11.3 Å². The zero-order valence-electron chi connectivity index (χ0n) is 15.2. The Bertz CT molecular complexity index is 480. The summed E-state index contributed by atoms with van der Waals surface area (Å²) in [6, 6.07) is 0. The second-order valence-electron chi connectivity index (χ2n) is 9.11. The van der Waals surface area contributed by atoms with Crippen molar-refractivity contribution < 1.29 is 8.42 Å². The molecule has 5 heteroatoms. The van der Waals surface area contributed by atoms with Crippen molar-refractivity contribution >= 4 is 10.0 Å². The van der Waals surface area contributed by atoms with E-state index < -0.39 is 10.0 Å². The zero-order valence-corrected chi connectivity index (χ0v) is 16.0. The van der Waals surface area contributed by atoms with Crippen LogP contribution < -0.4 is 0 Å². The number of hydrogen-bond donors (Lipinski definition) is 0. The van der Waals surface area contributed by atoms with Crippen LogP contribution in [0.5, 0.6) is 0 Å². The molecule has 0 aromatic rings. The molecule has 22 heavy (non-hydrogen) atoms. The summed E-state index contributed by atoms with van der Waals surface area (Å²) in [6.07, 6.45) is 2.77. The number of piperidine rings is 1. The molecule has 2 saturated heterocycles. The van der Waals surface area contributed by atoms with Crippen LogP contribution in [0.3, 0.4) is 0 Å². The number of sulfonamides is 1. The predicted octanol–water partition coefficient (Wildman–Crippen LogP) is 2.95. The Balaban J connectivity index is 1.98. The largest absolute Gasteiger partial charge is 0.297 e. The minimum absolute atomic E-state index is 0.0590. The van der Waals surface area contributed by atoms with Crippen LogP contribution in [0.15, 0.2) is 0 Å². The van der Waals surface area contributed by atoms with Gasteiger partial charge in [0.2, 0.25) is 10.0 Å². The van der Waals surface area contributed by atoms with Crippen LogP contribution in [0, 0.1) is 11.3 Å². The lowest BCUT2D eigenvalue weighted by Gasteiger charge is -2.39. The molecule has 2 fully saturated rings. The first kappa shape index (κ1) is 18.2. The first-order valence-corrected chi connectivity index (χ1v) is 10.2. The molecule has 1 atom stereocenters. The van der Waals surface area contributed by atoms with Gasteiger partial charge in [-0.15, -0.1) is 0 Å². The van der Waals surface area contributed by atoms with Crippen LogP contribution in [-0.2, 0) is 10.0 Å². The van der Waals surface area contributed by atoms with Crippen molar-refractivity contribution in [2.45, 2.75) is 71.6 Å². The molecular formula is C17H34N2O2S. The lowest BCUT2D eigenvalue weighted by Crippen LogP contribution is -2.47. The molecule has 130 valence electrons. The Morgan fingerprint density at radius 3 is 1.82 bits per heavy atom. The van der Waals surface area contributed by atoms with Gasteiger partial charge in [-0.25, -0.2) is 12.7 Å². The van der Waals surface area contributed by atoms with Gasteiger partial charge in [-0.05, 0) is 51.4 Å². The van der Waals surface area contributed by atoms with Gasteiger partial charge in [0, 0.05) is 31.7 Å². The van der Waals surface area contributed by atoms with E-state index in [0.29, 0.717) is 25.6 Å². The van der Waals surface area contributed by atoms with Crippen molar-refractivity contribution in [3.63, 3.8) is 0 Å². The average Bonchev–Trinajstić information content (AvgIpc) is 2.88. The Morgan fingerprint density at radius 2 is 1.41 bits per heavy atom. The Kier molecular flexibility index (Phi) is 5.02. The molecule has 0 aromatic carbocycles. The summed E-state index contributed by atoms with van der Waals surface area (Å²) in [6.45, 7) is 16.3. The second-order valence-corrected chi connectivity index (χ2v) is 11.3. The van der Waals surface area contributed by atoms with Gasteiger partial charge < -0.3 is 0 Å². The molecule has 0 bridgehead atoms. The summed E-state index contributed by atoms with van der Waals surface area (Å²) in [4.78, 5) is 2.30. The summed E-state index contributed by atoms with van der Waals surface area (Å²) in [5, 5.41) is -0.210. The van der Waals surface area contributed by atoms with Gasteiger partial charge in [-0.3, -0.25) is 4.90 Å². The fourth-order valence-corrected chi connectivity index (χ4v) is 5.68. The molecule has 0 spiro atoms. The summed E-state index contributed by atoms with van der Waals surface area (Å²) >= 11 is 0. The highest BCUT2D eigenvalue weighted by atomic mass is 32.2. The van der Waals surface area contributed by atoms with Crippen LogP contribution in [0.4, 0.5) is 0 Å². The van der Waals surface area contributed by atoms with E-state index >= 15 is 0 Å². The first-order valence-electron chi connectivity index (χ1n) is 8.66. The molecule has 2 heterocycles. The Hall–Kier alpha value is -0.130. The lowest BCUT2D eigenvalue weighted by atomic mass is 9.76. The highest BCUT2D eigenvalue weighted by Crippen LogP contribution is 2.36. The van der Waals surface area contributed by atoms with Crippen LogP contribution in [0.25, 0.3) is 0 Å². The smallest absolute Gasteiger partial charge is 0.218 e. The monoisotopic (exact) mass is 330 g/mol. The normalized spacial score (nSPS) is 27.5. The lowest BCUT2D eigenvalue weighted by molar-refractivity contribution is 0.152. The minimum Gasteiger partial charge on any atom is -0.297 e. The molecule has 0 N–H and O–H groups in total. The third kappa shape index (κ3) is 3.85. The quantitative estimate of drug-likeness (QED) is 0.781. The summed E-state index contributed by atoms with van der Waals surface area (Å²) in [7, 11) is -3.13. The van der Waals surface area contributed by atoms with E-state index in [0.717, 1.165) is 25.8 Å². The second kappa shape index (κ2) is 6.06. The van der Waals surface area contributed by atoms with Gasteiger partial charge >= 0.3 is 0 Å². The standard InChI is InChI=1S/C17H34N2O2S/c1-16(2,3)14-7-11-19(12-8-14)22(20,21)15-9-10-18(13-15)17(4,5)6/h14-15H,7-13H2,1-6H3. The van der Waals surface area contributed by atoms with Crippen molar-refractivity contribution in [1.82, 2.24) is 9.21 Å². The highest BCUT2D eigenvalue weighted by molar-refractivity contribution is 7.89. The zero-order chi connectivity index (χ0) is 16.8. The van der Waals surface area contributed by atoms with Crippen LogP contribution in [0.1, 0.15) is 60.8 Å². The molecular weight excluding hydrogens is 296 g/mol. The molecule has 0 amide bonds. The number of rotatable bonds is 2. The van der Waals surface area contributed by atoms with Crippen molar-refractivity contribution in [1.29, 1.82) is 0 Å². The van der Waals surface area contributed by atoms with Crippen molar-refractivity contribution in [3.8, 4) is 0 Å². The molecule has 0 aliphatic carbocycles. The topological polar surface area (TPSA) is 40.6 Å². The van der Waals surface area contributed by atoms with Gasteiger partial charge in [0.05, 0.1) is 5.25 Å².